The molecule has 0 N–H and O–H groups in total. The smallest absolute Gasteiger partial charge is 0.224 e. The van der Waals surface area contributed by atoms with Crippen molar-refractivity contribution < 1.29 is 0 Å². The third-order valence-corrected chi connectivity index (χ3v) is 3.42. The Kier molecular flexibility index (Phi) is 4.71. The van der Waals surface area contributed by atoms with E-state index in [2.05, 4.69) is 42.7 Å². The van der Waals surface area contributed by atoms with Crippen molar-refractivity contribution in [2.24, 2.45) is 0 Å². The number of hydrogen-bond donors (Lipinski definition) is 0. The standard InChI is InChI=1S/C13H14BrClN4/c1-3-19(8-10-6-4-5-9(2)17-10)12-11(14)7-16-13(15)18-12/h4-7H,3,8H2,1-2H3. The summed E-state index contributed by atoms with van der Waals surface area (Å²) >= 11 is 9.31. The fourth-order valence-electron chi connectivity index (χ4n) is 1.78. The minimum absolute atomic E-state index is 0.244. The fraction of sp³-hybridized carbons (Fsp3) is 0.308. The van der Waals surface area contributed by atoms with Crippen LogP contribution in [-0.2, 0) is 6.54 Å². The summed E-state index contributed by atoms with van der Waals surface area (Å²) in [5.74, 6) is 0.783. The molecule has 0 aromatic carbocycles. The number of aryl methyl sites for hydroxylation is 1. The first-order valence-electron chi connectivity index (χ1n) is 5.95. The van der Waals surface area contributed by atoms with Gasteiger partial charge in [0.15, 0.2) is 0 Å². The molecule has 0 aliphatic carbocycles. The summed E-state index contributed by atoms with van der Waals surface area (Å²) in [6.45, 7) is 5.54. The Bertz CT molecular complexity index is 576. The molecule has 0 amide bonds. The van der Waals surface area contributed by atoms with Gasteiger partial charge in [-0.25, -0.2) is 4.98 Å². The van der Waals surface area contributed by atoms with E-state index < -0.39 is 0 Å². The first kappa shape index (κ1) is 14.2. The van der Waals surface area contributed by atoms with Gasteiger partial charge in [0.1, 0.15) is 5.82 Å². The summed E-state index contributed by atoms with van der Waals surface area (Å²) in [4.78, 5) is 14.8. The minimum Gasteiger partial charge on any atom is -0.350 e. The van der Waals surface area contributed by atoms with Crippen molar-refractivity contribution >= 4 is 33.3 Å². The molecular formula is C13H14BrClN4. The van der Waals surface area contributed by atoms with Gasteiger partial charge >= 0.3 is 0 Å². The molecule has 0 bridgehead atoms. The molecule has 19 heavy (non-hydrogen) atoms. The summed E-state index contributed by atoms with van der Waals surface area (Å²) < 4.78 is 0.825. The summed E-state index contributed by atoms with van der Waals surface area (Å²) in [6, 6.07) is 6.00. The van der Waals surface area contributed by atoms with Gasteiger partial charge in [-0.15, -0.1) is 0 Å². The van der Waals surface area contributed by atoms with Crippen molar-refractivity contribution in [1.82, 2.24) is 15.0 Å². The van der Waals surface area contributed by atoms with Crippen LogP contribution in [0.1, 0.15) is 18.3 Å². The predicted octanol–water partition coefficient (Wildman–Crippen LogP) is 3.62. The van der Waals surface area contributed by atoms with Crippen molar-refractivity contribution in [2.45, 2.75) is 20.4 Å². The number of nitrogens with zero attached hydrogens (tertiary/aromatic N) is 4. The number of pyridine rings is 1. The van der Waals surface area contributed by atoms with Crippen LogP contribution in [-0.4, -0.2) is 21.5 Å². The Morgan fingerprint density at radius 3 is 2.79 bits per heavy atom. The molecule has 100 valence electrons. The van der Waals surface area contributed by atoms with E-state index >= 15 is 0 Å². The van der Waals surface area contributed by atoms with Gasteiger partial charge in [0.25, 0.3) is 0 Å². The highest BCUT2D eigenvalue weighted by atomic mass is 79.9. The SMILES string of the molecule is CCN(Cc1cccc(C)n1)c1nc(Cl)ncc1Br. The average Bonchev–Trinajstić information content (AvgIpc) is 2.39. The minimum atomic E-state index is 0.244. The largest absolute Gasteiger partial charge is 0.350 e. The second-order valence-corrected chi connectivity index (χ2v) is 5.29. The van der Waals surface area contributed by atoms with E-state index in [9.17, 15) is 0 Å². The van der Waals surface area contributed by atoms with Gasteiger partial charge in [-0.1, -0.05) is 6.07 Å². The van der Waals surface area contributed by atoms with E-state index in [0.717, 1.165) is 28.2 Å². The number of anilines is 1. The highest BCUT2D eigenvalue weighted by Crippen LogP contribution is 2.25. The van der Waals surface area contributed by atoms with E-state index in [-0.39, 0.29) is 5.28 Å². The Hall–Kier alpha value is -1.20. The van der Waals surface area contributed by atoms with E-state index in [1.54, 1.807) is 6.20 Å². The van der Waals surface area contributed by atoms with Crippen LogP contribution in [0.15, 0.2) is 28.9 Å². The molecule has 4 nitrogen and oxygen atoms in total. The zero-order valence-electron chi connectivity index (χ0n) is 10.8. The second kappa shape index (κ2) is 6.30. The lowest BCUT2D eigenvalue weighted by Gasteiger charge is -2.22. The molecule has 0 aliphatic heterocycles. The Morgan fingerprint density at radius 2 is 2.11 bits per heavy atom. The lowest BCUT2D eigenvalue weighted by molar-refractivity contribution is 0.785. The Labute approximate surface area is 126 Å². The molecule has 0 fully saturated rings. The average molecular weight is 342 g/mol. The van der Waals surface area contributed by atoms with E-state index in [4.69, 9.17) is 11.6 Å². The van der Waals surface area contributed by atoms with Crippen molar-refractivity contribution in [2.75, 3.05) is 11.4 Å². The van der Waals surface area contributed by atoms with Gasteiger partial charge in [-0.3, -0.25) is 4.98 Å². The molecule has 0 atom stereocenters. The Balaban J connectivity index is 2.27. The molecule has 0 saturated carbocycles. The Morgan fingerprint density at radius 1 is 1.32 bits per heavy atom. The zero-order valence-corrected chi connectivity index (χ0v) is 13.1. The molecule has 2 aromatic heterocycles. The van der Waals surface area contributed by atoms with Crippen molar-refractivity contribution in [3.8, 4) is 0 Å². The van der Waals surface area contributed by atoms with Crippen LogP contribution < -0.4 is 4.90 Å². The zero-order chi connectivity index (χ0) is 13.8. The number of rotatable bonds is 4. The van der Waals surface area contributed by atoms with Gasteiger partial charge in [0.05, 0.1) is 16.7 Å². The molecule has 0 aliphatic rings. The molecule has 2 rings (SSSR count). The van der Waals surface area contributed by atoms with Crippen LogP contribution in [0.5, 0.6) is 0 Å². The highest BCUT2D eigenvalue weighted by Gasteiger charge is 2.12. The van der Waals surface area contributed by atoms with E-state index in [0.29, 0.717) is 6.54 Å². The van der Waals surface area contributed by atoms with Crippen LogP contribution in [0.4, 0.5) is 5.82 Å². The third kappa shape index (κ3) is 3.64. The monoisotopic (exact) mass is 340 g/mol. The molecule has 0 spiro atoms. The van der Waals surface area contributed by atoms with Crippen LogP contribution >= 0.6 is 27.5 Å². The second-order valence-electron chi connectivity index (χ2n) is 4.10. The first-order valence-corrected chi connectivity index (χ1v) is 7.12. The topological polar surface area (TPSA) is 41.9 Å². The fourth-order valence-corrected chi connectivity index (χ4v) is 2.35. The van der Waals surface area contributed by atoms with Gasteiger partial charge in [0, 0.05) is 18.4 Å². The van der Waals surface area contributed by atoms with E-state index in [1.165, 1.54) is 0 Å². The van der Waals surface area contributed by atoms with E-state index in [1.807, 2.05) is 25.1 Å². The predicted molar refractivity (Wildman–Crippen MR) is 80.4 cm³/mol. The van der Waals surface area contributed by atoms with Crippen molar-refractivity contribution in [3.05, 3.63) is 45.5 Å². The number of halogens is 2. The third-order valence-electron chi connectivity index (χ3n) is 2.68. The summed E-state index contributed by atoms with van der Waals surface area (Å²) in [7, 11) is 0. The summed E-state index contributed by atoms with van der Waals surface area (Å²) in [5.41, 5.74) is 2.01. The van der Waals surface area contributed by atoms with Crippen LogP contribution in [0.3, 0.4) is 0 Å². The lowest BCUT2D eigenvalue weighted by Crippen LogP contribution is -2.24. The van der Waals surface area contributed by atoms with Crippen LogP contribution in [0.25, 0.3) is 0 Å². The maximum atomic E-state index is 5.86. The van der Waals surface area contributed by atoms with Crippen LogP contribution in [0, 0.1) is 6.92 Å². The molecule has 2 aromatic rings. The highest BCUT2D eigenvalue weighted by molar-refractivity contribution is 9.10. The maximum absolute atomic E-state index is 5.86. The molecular weight excluding hydrogens is 328 g/mol. The van der Waals surface area contributed by atoms with Gasteiger partial charge < -0.3 is 4.90 Å². The quantitative estimate of drug-likeness (QED) is 0.797. The number of aromatic nitrogens is 3. The first-order chi connectivity index (χ1) is 9.10. The molecule has 0 saturated heterocycles. The van der Waals surface area contributed by atoms with Gasteiger partial charge in [-0.2, -0.15) is 4.98 Å². The molecule has 2 heterocycles. The molecule has 0 unspecified atom stereocenters. The summed E-state index contributed by atoms with van der Waals surface area (Å²) in [6.07, 6.45) is 1.66. The molecule has 0 radical (unpaired) electrons. The van der Waals surface area contributed by atoms with Crippen LogP contribution in [0.2, 0.25) is 5.28 Å². The van der Waals surface area contributed by atoms with Gasteiger partial charge in [0.2, 0.25) is 5.28 Å². The maximum Gasteiger partial charge on any atom is 0.224 e. The van der Waals surface area contributed by atoms with Crippen molar-refractivity contribution in [3.63, 3.8) is 0 Å². The van der Waals surface area contributed by atoms with Crippen molar-refractivity contribution in [1.29, 1.82) is 0 Å². The number of hydrogen-bond acceptors (Lipinski definition) is 4. The summed E-state index contributed by atoms with van der Waals surface area (Å²) in [5, 5.41) is 0.244. The van der Waals surface area contributed by atoms with Gasteiger partial charge in [-0.05, 0) is 53.5 Å². The lowest BCUT2D eigenvalue weighted by atomic mass is 10.3. The normalized spacial score (nSPS) is 10.5. The molecule has 6 heteroatoms.